The number of nitrogens with one attached hydrogen (secondary N) is 2. The smallest absolute Gasteiger partial charge is 0.321 e. The zero-order valence-electron chi connectivity index (χ0n) is 12.6. The molecule has 7 heteroatoms. The molecule has 5 nitrogen and oxygen atoms in total. The van der Waals surface area contributed by atoms with Crippen LogP contribution in [-0.4, -0.2) is 36.0 Å². The van der Waals surface area contributed by atoms with Gasteiger partial charge in [0, 0.05) is 24.2 Å². The minimum absolute atomic E-state index is 0.0609. The Hall–Kier alpha value is -1.46. The Balaban J connectivity index is 1.60. The molecule has 0 radical (unpaired) electrons. The van der Waals surface area contributed by atoms with Crippen LogP contribution in [0.5, 0.6) is 0 Å². The molecule has 1 aromatic carbocycles. The van der Waals surface area contributed by atoms with E-state index in [1.54, 1.807) is 23.1 Å². The van der Waals surface area contributed by atoms with Gasteiger partial charge in [-0.2, -0.15) is 0 Å². The van der Waals surface area contributed by atoms with E-state index in [2.05, 4.69) is 10.6 Å². The first kappa shape index (κ1) is 16.4. The summed E-state index contributed by atoms with van der Waals surface area (Å²) in [7, 11) is 0. The Bertz CT molecular complexity index is 619. The summed E-state index contributed by atoms with van der Waals surface area (Å²) in [5, 5.41) is 6.72. The molecule has 3 rings (SSSR count). The summed E-state index contributed by atoms with van der Waals surface area (Å²) in [6.45, 7) is 1.07. The van der Waals surface area contributed by atoms with Crippen LogP contribution >= 0.6 is 23.2 Å². The minimum Gasteiger partial charge on any atom is -0.353 e. The third-order valence-electron chi connectivity index (χ3n) is 4.17. The van der Waals surface area contributed by atoms with Gasteiger partial charge >= 0.3 is 6.03 Å². The molecule has 1 aliphatic carbocycles. The summed E-state index contributed by atoms with van der Waals surface area (Å²) >= 11 is 12.0. The van der Waals surface area contributed by atoms with Crippen LogP contribution in [0.15, 0.2) is 18.2 Å². The highest BCUT2D eigenvalue weighted by molar-refractivity contribution is 6.35. The number of urea groups is 1. The van der Waals surface area contributed by atoms with Crippen LogP contribution in [0.3, 0.4) is 0 Å². The lowest BCUT2D eigenvalue weighted by molar-refractivity contribution is -0.126. The Morgan fingerprint density at radius 2 is 1.96 bits per heavy atom. The number of anilines is 1. The summed E-state index contributed by atoms with van der Waals surface area (Å²) in [6, 6.07) is 5.01. The molecule has 1 heterocycles. The molecule has 1 aliphatic heterocycles. The van der Waals surface area contributed by atoms with E-state index >= 15 is 0 Å². The number of halogens is 2. The van der Waals surface area contributed by atoms with Gasteiger partial charge in [0.15, 0.2) is 0 Å². The molecule has 1 saturated carbocycles. The lowest BCUT2D eigenvalue weighted by atomic mass is 9.97. The molecule has 0 spiro atoms. The minimum atomic E-state index is -0.252. The van der Waals surface area contributed by atoms with Crippen molar-refractivity contribution >= 4 is 40.8 Å². The van der Waals surface area contributed by atoms with Crippen molar-refractivity contribution in [1.29, 1.82) is 0 Å². The third kappa shape index (κ3) is 4.30. The summed E-state index contributed by atoms with van der Waals surface area (Å²) in [5.74, 6) is -0.0734. The molecule has 2 fully saturated rings. The summed E-state index contributed by atoms with van der Waals surface area (Å²) in [4.78, 5) is 26.2. The maximum Gasteiger partial charge on any atom is 0.321 e. The summed E-state index contributed by atoms with van der Waals surface area (Å²) in [5.41, 5.74) is 0.480. The monoisotopic (exact) mass is 355 g/mol. The number of nitrogens with zero attached hydrogens (tertiary/aromatic N) is 1. The normalized spacial score (nSPS) is 21.0. The number of likely N-dealkylation sites (tertiary alicyclic amines) is 1. The maximum absolute atomic E-state index is 12.4. The molecule has 124 valence electrons. The molecule has 0 bridgehead atoms. The van der Waals surface area contributed by atoms with Crippen molar-refractivity contribution in [3.63, 3.8) is 0 Å². The first-order chi connectivity index (χ1) is 11.0. The number of carbonyl (C=O) groups excluding carboxylic acids is 2. The van der Waals surface area contributed by atoms with Crippen LogP contribution in [0.1, 0.15) is 25.7 Å². The predicted molar refractivity (Wildman–Crippen MR) is 90.9 cm³/mol. The molecule has 23 heavy (non-hydrogen) atoms. The number of benzene rings is 1. The topological polar surface area (TPSA) is 61.4 Å². The molecule has 0 aromatic heterocycles. The molecular formula is C16H19Cl2N3O2. The van der Waals surface area contributed by atoms with Gasteiger partial charge in [-0.1, -0.05) is 23.2 Å². The van der Waals surface area contributed by atoms with Crippen molar-refractivity contribution in [2.75, 3.05) is 18.4 Å². The predicted octanol–water partition coefficient (Wildman–Crippen LogP) is 3.52. The highest BCUT2D eigenvalue weighted by Gasteiger charge is 2.32. The fraction of sp³-hybridized carbons (Fsp3) is 0.500. The number of hydrogen-bond acceptors (Lipinski definition) is 2. The SMILES string of the molecule is O=C(NC1CC1)C1CCCN(C(=O)Nc2cc(Cl)ccc2Cl)C1. The molecule has 3 amide bonds. The second-order valence-electron chi connectivity index (χ2n) is 6.12. The van der Waals surface area contributed by atoms with Crippen LogP contribution in [0.4, 0.5) is 10.5 Å². The van der Waals surface area contributed by atoms with E-state index in [1.165, 1.54) is 0 Å². The Morgan fingerprint density at radius 1 is 1.17 bits per heavy atom. The van der Waals surface area contributed by atoms with Gasteiger partial charge < -0.3 is 15.5 Å². The lowest BCUT2D eigenvalue weighted by Crippen LogP contribution is -2.47. The number of carbonyl (C=O) groups is 2. The second-order valence-corrected chi connectivity index (χ2v) is 6.97. The maximum atomic E-state index is 12.4. The van der Waals surface area contributed by atoms with Gasteiger partial charge in [-0.05, 0) is 43.9 Å². The van der Waals surface area contributed by atoms with E-state index in [-0.39, 0.29) is 17.9 Å². The van der Waals surface area contributed by atoms with E-state index in [0.29, 0.717) is 34.9 Å². The molecular weight excluding hydrogens is 337 g/mol. The highest BCUT2D eigenvalue weighted by Crippen LogP contribution is 2.27. The van der Waals surface area contributed by atoms with Crippen LogP contribution in [0.25, 0.3) is 0 Å². The number of piperidine rings is 1. The Morgan fingerprint density at radius 3 is 2.70 bits per heavy atom. The van der Waals surface area contributed by atoms with E-state index in [4.69, 9.17) is 23.2 Å². The number of rotatable bonds is 3. The number of amides is 3. The van der Waals surface area contributed by atoms with Crippen LogP contribution in [0, 0.1) is 5.92 Å². The van der Waals surface area contributed by atoms with E-state index in [0.717, 1.165) is 25.7 Å². The molecule has 2 N–H and O–H groups in total. The van der Waals surface area contributed by atoms with E-state index in [9.17, 15) is 9.59 Å². The zero-order valence-corrected chi connectivity index (χ0v) is 14.2. The summed E-state index contributed by atoms with van der Waals surface area (Å²) in [6.07, 6.45) is 3.77. The van der Waals surface area contributed by atoms with Crippen LogP contribution in [-0.2, 0) is 4.79 Å². The van der Waals surface area contributed by atoms with Gasteiger partial charge in [0.2, 0.25) is 5.91 Å². The van der Waals surface area contributed by atoms with Gasteiger partial charge in [-0.3, -0.25) is 4.79 Å². The summed E-state index contributed by atoms with van der Waals surface area (Å²) < 4.78 is 0. The average molecular weight is 356 g/mol. The zero-order chi connectivity index (χ0) is 16.4. The highest BCUT2D eigenvalue weighted by atomic mass is 35.5. The standard InChI is InChI=1S/C16H19Cl2N3O2/c17-11-3-6-13(18)14(8-11)20-16(23)21-7-1-2-10(9-21)15(22)19-12-4-5-12/h3,6,8,10,12H,1-2,4-5,7,9H2,(H,19,22)(H,20,23). The Kier molecular flexibility index (Phi) is 4.97. The van der Waals surface area contributed by atoms with Gasteiger partial charge in [0.05, 0.1) is 16.6 Å². The quantitative estimate of drug-likeness (QED) is 0.871. The molecule has 1 atom stereocenters. The average Bonchev–Trinajstić information content (AvgIpc) is 3.35. The molecule has 2 aliphatic rings. The Labute approximate surface area is 145 Å². The fourth-order valence-electron chi connectivity index (χ4n) is 2.71. The van der Waals surface area contributed by atoms with Crippen molar-refractivity contribution in [2.45, 2.75) is 31.7 Å². The molecule has 1 aromatic rings. The van der Waals surface area contributed by atoms with Gasteiger partial charge in [-0.15, -0.1) is 0 Å². The molecule has 1 unspecified atom stereocenters. The molecule has 1 saturated heterocycles. The third-order valence-corrected chi connectivity index (χ3v) is 4.74. The number of hydrogen-bond donors (Lipinski definition) is 2. The first-order valence-electron chi connectivity index (χ1n) is 7.84. The van der Waals surface area contributed by atoms with Gasteiger partial charge in [0.1, 0.15) is 0 Å². The largest absolute Gasteiger partial charge is 0.353 e. The van der Waals surface area contributed by atoms with Crippen molar-refractivity contribution in [3.05, 3.63) is 28.2 Å². The van der Waals surface area contributed by atoms with Crippen molar-refractivity contribution in [3.8, 4) is 0 Å². The fourth-order valence-corrected chi connectivity index (χ4v) is 3.05. The van der Waals surface area contributed by atoms with Crippen molar-refractivity contribution < 1.29 is 9.59 Å². The first-order valence-corrected chi connectivity index (χ1v) is 8.60. The van der Waals surface area contributed by atoms with E-state index < -0.39 is 0 Å². The van der Waals surface area contributed by atoms with Crippen molar-refractivity contribution in [1.82, 2.24) is 10.2 Å². The van der Waals surface area contributed by atoms with Gasteiger partial charge in [-0.25, -0.2) is 4.79 Å². The van der Waals surface area contributed by atoms with Crippen LogP contribution in [0.2, 0.25) is 10.0 Å². The second kappa shape index (κ2) is 6.97. The van der Waals surface area contributed by atoms with E-state index in [1.807, 2.05) is 0 Å². The van der Waals surface area contributed by atoms with Crippen molar-refractivity contribution in [2.24, 2.45) is 5.92 Å². The van der Waals surface area contributed by atoms with Gasteiger partial charge in [0.25, 0.3) is 0 Å². The lowest BCUT2D eigenvalue weighted by Gasteiger charge is -2.32. The van der Waals surface area contributed by atoms with Crippen LogP contribution < -0.4 is 10.6 Å².